The van der Waals surface area contributed by atoms with Crippen molar-refractivity contribution in [3.63, 3.8) is 0 Å². The minimum atomic E-state index is 0.0307. The molecule has 4 heteroatoms. The number of carbonyl (C=O) groups excluding carboxylic acids is 1. The van der Waals surface area contributed by atoms with E-state index in [0.717, 1.165) is 30.7 Å². The summed E-state index contributed by atoms with van der Waals surface area (Å²) in [5.74, 6) is 0.0307. The van der Waals surface area contributed by atoms with Crippen molar-refractivity contribution >= 4 is 11.6 Å². The first-order valence-corrected chi connectivity index (χ1v) is 6.76. The van der Waals surface area contributed by atoms with E-state index in [-0.39, 0.29) is 12.0 Å². The molecule has 0 bridgehead atoms. The van der Waals surface area contributed by atoms with Gasteiger partial charge in [-0.3, -0.25) is 4.79 Å². The number of para-hydroxylation sites is 1. The summed E-state index contributed by atoms with van der Waals surface area (Å²) in [5.41, 5.74) is 1.65. The van der Waals surface area contributed by atoms with E-state index in [1.54, 1.807) is 19.0 Å². The van der Waals surface area contributed by atoms with Crippen LogP contribution in [0, 0.1) is 0 Å². The highest BCUT2D eigenvalue weighted by atomic mass is 16.5. The summed E-state index contributed by atoms with van der Waals surface area (Å²) in [6, 6.07) is 8.07. The fourth-order valence-electron chi connectivity index (χ4n) is 2.39. The molecule has 19 heavy (non-hydrogen) atoms. The minimum absolute atomic E-state index is 0.0307. The summed E-state index contributed by atoms with van der Waals surface area (Å²) in [6.07, 6.45) is 2.24. The van der Waals surface area contributed by atoms with E-state index in [9.17, 15) is 4.79 Å². The van der Waals surface area contributed by atoms with Crippen LogP contribution in [0.2, 0.25) is 0 Å². The molecule has 2 atom stereocenters. The average molecular weight is 262 g/mol. The zero-order valence-electron chi connectivity index (χ0n) is 11.8. The standard InChI is InChI=1S/C15H22N2O2/c1-11-10-12(8-9-19-11)16-14-7-5-4-6-13(14)15(18)17(2)3/h4-7,11-12,16H,8-10H2,1-3H3. The number of hydrogen-bond donors (Lipinski definition) is 1. The molecular weight excluding hydrogens is 240 g/mol. The van der Waals surface area contributed by atoms with E-state index < -0.39 is 0 Å². The van der Waals surface area contributed by atoms with Crippen LogP contribution in [0.3, 0.4) is 0 Å². The fraction of sp³-hybridized carbons (Fsp3) is 0.533. The van der Waals surface area contributed by atoms with E-state index in [0.29, 0.717) is 6.04 Å². The first-order valence-electron chi connectivity index (χ1n) is 6.76. The zero-order chi connectivity index (χ0) is 13.8. The predicted octanol–water partition coefficient (Wildman–Crippen LogP) is 2.37. The van der Waals surface area contributed by atoms with Gasteiger partial charge >= 0.3 is 0 Å². The average Bonchev–Trinajstić information content (AvgIpc) is 2.38. The van der Waals surface area contributed by atoms with Crippen molar-refractivity contribution in [2.75, 3.05) is 26.0 Å². The van der Waals surface area contributed by atoms with Gasteiger partial charge in [-0.15, -0.1) is 0 Å². The van der Waals surface area contributed by atoms with Crippen molar-refractivity contribution in [1.29, 1.82) is 0 Å². The molecule has 0 saturated carbocycles. The third kappa shape index (κ3) is 3.47. The van der Waals surface area contributed by atoms with Gasteiger partial charge in [0.25, 0.3) is 5.91 Å². The highest BCUT2D eigenvalue weighted by Gasteiger charge is 2.21. The Morgan fingerprint density at radius 1 is 1.37 bits per heavy atom. The Balaban J connectivity index is 2.13. The summed E-state index contributed by atoms with van der Waals surface area (Å²) in [6.45, 7) is 2.87. The van der Waals surface area contributed by atoms with Gasteiger partial charge in [-0.05, 0) is 31.9 Å². The Kier molecular flexibility index (Phi) is 4.43. The Bertz CT molecular complexity index is 446. The van der Waals surface area contributed by atoms with Gasteiger partial charge in [-0.2, -0.15) is 0 Å². The Hall–Kier alpha value is -1.55. The van der Waals surface area contributed by atoms with Gasteiger partial charge in [0.1, 0.15) is 0 Å². The van der Waals surface area contributed by atoms with Crippen molar-refractivity contribution in [3.05, 3.63) is 29.8 Å². The van der Waals surface area contributed by atoms with Gasteiger partial charge in [0.05, 0.1) is 11.7 Å². The lowest BCUT2D eigenvalue weighted by Gasteiger charge is -2.29. The molecule has 1 heterocycles. The van der Waals surface area contributed by atoms with E-state index in [2.05, 4.69) is 12.2 Å². The normalized spacial score (nSPS) is 22.9. The second-order valence-electron chi connectivity index (χ2n) is 5.29. The molecule has 4 nitrogen and oxygen atoms in total. The topological polar surface area (TPSA) is 41.6 Å². The number of ether oxygens (including phenoxy) is 1. The van der Waals surface area contributed by atoms with Crippen LogP contribution in [0.15, 0.2) is 24.3 Å². The molecule has 104 valence electrons. The van der Waals surface area contributed by atoms with Crippen LogP contribution < -0.4 is 5.32 Å². The number of benzene rings is 1. The van der Waals surface area contributed by atoms with Crippen molar-refractivity contribution in [1.82, 2.24) is 4.90 Å². The molecule has 1 fully saturated rings. The van der Waals surface area contributed by atoms with Gasteiger partial charge in [-0.25, -0.2) is 0 Å². The van der Waals surface area contributed by atoms with Crippen molar-refractivity contribution in [3.8, 4) is 0 Å². The molecule has 1 aliphatic rings. The third-order valence-electron chi connectivity index (χ3n) is 3.41. The lowest BCUT2D eigenvalue weighted by atomic mass is 10.0. The molecule has 0 radical (unpaired) electrons. The maximum Gasteiger partial charge on any atom is 0.255 e. The molecule has 1 aromatic rings. The quantitative estimate of drug-likeness (QED) is 0.909. The molecule has 0 spiro atoms. The number of rotatable bonds is 3. The van der Waals surface area contributed by atoms with Gasteiger partial charge in [-0.1, -0.05) is 12.1 Å². The van der Waals surface area contributed by atoms with E-state index in [1.165, 1.54) is 0 Å². The van der Waals surface area contributed by atoms with Crippen molar-refractivity contribution in [2.45, 2.75) is 31.9 Å². The summed E-state index contributed by atoms with van der Waals surface area (Å²) < 4.78 is 5.55. The smallest absolute Gasteiger partial charge is 0.255 e. The third-order valence-corrected chi connectivity index (χ3v) is 3.41. The first-order chi connectivity index (χ1) is 9.08. The fourth-order valence-corrected chi connectivity index (χ4v) is 2.39. The molecule has 1 aromatic carbocycles. The molecule has 1 amide bonds. The number of nitrogens with zero attached hydrogens (tertiary/aromatic N) is 1. The highest BCUT2D eigenvalue weighted by Crippen LogP contribution is 2.22. The van der Waals surface area contributed by atoms with E-state index in [4.69, 9.17) is 4.74 Å². The second-order valence-corrected chi connectivity index (χ2v) is 5.29. The van der Waals surface area contributed by atoms with Crippen LogP contribution in [0.5, 0.6) is 0 Å². The van der Waals surface area contributed by atoms with Gasteiger partial charge in [0.2, 0.25) is 0 Å². The molecule has 0 aromatic heterocycles. The molecule has 2 unspecified atom stereocenters. The summed E-state index contributed by atoms with van der Waals surface area (Å²) in [5, 5.41) is 3.49. The number of hydrogen-bond acceptors (Lipinski definition) is 3. The highest BCUT2D eigenvalue weighted by molar-refractivity contribution is 5.99. The SMILES string of the molecule is CC1CC(Nc2ccccc2C(=O)N(C)C)CCO1. The van der Waals surface area contributed by atoms with Crippen molar-refractivity contribution in [2.24, 2.45) is 0 Å². The Morgan fingerprint density at radius 2 is 2.11 bits per heavy atom. The molecule has 1 N–H and O–H groups in total. The molecule has 2 rings (SSSR count). The van der Waals surface area contributed by atoms with Crippen LogP contribution in [0.1, 0.15) is 30.1 Å². The first kappa shape index (κ1) is 13.9. The van der Waals surface area contributed by atoms with Gasteiger partial charge in [0, 0.05) is 32.4 Å². The molecular formula is C15H22N2O2. The van der Waals surface area contributed by atoms with Crippen LogP contribution in [-0.4, -0.2) is 43.7 Å². The lowest BCUT2D eigenvalue weighted by Crippen LogP contribution is -2.33. The van der Waals surface area contributed by atoms with Crippen LogP contribution in [-0.2, 0) is 4.74 Å². The summed E-state index contributed by atoms with van der Waals surface area (Å²) in [4.78, 5) is 13.7. The molecule has 1 saturated heterocycles. The minimum Gasteiger partial charge on any atom is -0.381 e. The number of nitrogens with one attached hydrogen (secondary N) is 1. The van der Waals surface area contributed by atoms with Gasteiger partial charge < -0.3 is 15.0 Å². The maximum atomic E-state index is 12.1. The van der Waals surface area contributed by atoms with Crippen LogP contribution in [0.4, 0.5) is 5.69 Å². The maximum absolute atomic E-state index is 12.1. The second kappa shape index (κ2) is 6.06. The number of amides is 1. The van der Waals surface area contributed by atoms with Crippen molar-refractivity contribution < 1.29 is 9.53 Å². The predicted molar refractivity (Wildman–Crippen MR) is 76.5 cm³/mol. The van der Waals surface area contributed by atoms with E-state index >= 15 is 0 Å². The largest absolute Gasteiger partial charge is 0.381 e. The Morgan fingerprint density at radius 3 is 2.79 bits per heavy atom. The molecule has 1 aliphatic heterocycles. The summed E-state index contributed by atoms with van der Waals surface area (Å²) >= 11 is 0. The molecule has 0 aliphatic carbocycles. The van der Waals surface area contributed by atoms with Crippen LogP contribution >= 0.6 is 0 Å². The van der Waals surface area contributed by atoms with Crippen LogP contribution in [0.25, 0.3) is 0 Å². The van der Waals surface area contributed by atoms with Gasteiger partial charge in [0.15, 0.2) is 0 Å². The monoisotopic (exact) mass is 262 g/mol. The number of carbonyl (C=O) groups is 1. The van der Waals surface area contributed by atoms with E-state index in [1.807, 2.05) is 24.3 Å². The Labute approximate surface area is 114 Å². The zero-order valence-corrected chi connectivity index (χ0v) is 11.8. The summed E-state index contributed by atoms with van der Waals surface area (Å²) in [7, 11) is 3.55. The lowest BCUT2D eigenvalue weighted by molar-refractivity contribution is 0.0232. The number of anilines is 1.